The fraction of sp³-hybridized carbons (Fsp3) is 0.909. The molecule has 86 valence electrons. The van der Waals surface area contributed by atoms with E-state index in [9.17, 15) is 4.79 Å². The van der Waals surface area contributed by atoms with Gasteiger partial charge in [0.05, 0.1) is 0 Å². The number of carbonyl (C=O) groups excluding carboxylic acids is 1. The summed E-state index contributed by atoms with van der Waals surface area (Å²) in [6, 6.07) is 0. The van der Waals surface area contributed by atoms with Crippen LogP contribution < -0.4 is 5.32 Å². The van der Waals surface area contributed by atoms with E-state index in [0.717, 1.165) is 11.8 Å². The van der Waals surface area contributed by atoms with Crippen LogP contribution in [0.5, 0.6) is 0 Å². The summed E-state index contributed by atoms with van der Waals surface area (Å²) in [6.45, 7) is 0.839. The summed E-state index contributed by atoms with van der Waals surface area (Å²) < 4.78 is 0. The standard InChI is InChI=1S/C11H16N4O/c12-15-14-4-3-13-11(16)10-8-6-1-2-7(5-6)9(8)10/h6-10H,1-5H2,(H,13,16). The normalized spacial score (nSPS) is 42.4. The molecular formula is C11H16N4O. The molecule has 0 aromatic carbocycles. The van der Waals surface area contributed by atoms with E-state index in [-0.39, 0.29) is 11.8 Å². The predicted octanol–water partition coefficient (Wildman–Crippen LogP) is 1.71. The monoisotopic (exact) mass is 220 g/mol. The number of rotatable bonds is 4. The Morgan fingerprint density at radius 1 is 1.38 bits per heavy atom. The molecule has 0 aromatic heterocycles. The highest BCUT2D eigenvalue weighted by atomic mass is 16.2. The molecule has 1 amide bonds. The van der Waals surface area contributed by atoms with Crippen molar-refractivity contribution in [3.05, 3.63) is 10.4 Å². The summed E-state index contributed by atoms with van der Waals surface area (Å²) in [5.41, 5.74) is 8.11. The van der Waals surface area contributed by atoms with Gasteiger partial charge in [0.25, 0.3) is 0 Å². The van der Waals surface area contributed by atoms with Crippen LogP contribution in [-0.4, -0.2) is 19.0 Å². The average molecular weight is 220 g/mol. The maximum Gasteiger partial charge on any atom is 0.223 e. The van der Waals surface area contributed by atoms with Crippen LogP contribution in [0.3, 0.4) is 0 Å². The Hall–Kier alpha value is -1.22. The average Bonchev–Trinajstić information content (AvgIpc) is 2.74. The zero-order chi connectivity index (χ0) is 11.1. The highest BCUT2D eigenvalue weighted by Gasteiger charge is 2.67. The van der Waals surface area contributed by atoms with Crippen molar-refractivity contribution in [1.82, 2.24) is 5.32 Å². The minimum Gasteiger partial charge on any atom is -0.356 e. The first kappa shape index (κ1) is 9.97. The number of nitrogens with zero attached hydrogens (tertiary/aromatic N) is 3. The summed E-state index contributed by atoms with van der Waals surface area (Å²) in [7, 11) is 0. The van der Waals surface area contributed by atoms with Crippen molar-refractivity contribution >= 4 is 5.91 Å². The molecule has 4 atom stereocenters. The second-order valence-electron chi connectivity index (χ2n) is 5.26. The van der Waals surface area contributed by atoms with E-state index >= 15 is 0 Å². The SMILES string of the molecule is [N-]=[N+]=NCCNC(=O)C1C2C3CCC(C3)C12. The zero-order valence-electron chi connectivity index (χ0n) is 9.17. The Labute approximate surface area is 94.2 Å². The Kier molecular flexibility index (Phi) is 2.28. The maximum atomic E-state index is 11.9. The van der Waals surface area contributed by atoms with Crippen LogP contribution in [-0.2, 0) is 4.79 Å². The quantitative estimate of drug-likeness (QED) is 0.333. The number of hydrogen-bond acceptors (Lipinski definition) is 2. The van der Waals surface area contributed by atoms with Crippen molar-refractivity contribution in [1.29, 1.82) is 0 Å². The van der Waals surface area contributed by atoms with Crippen LogP contribution in [0.2, 0.25) is 0 Å². The fourth-order valence-electron chi connectivity index (χ4n) is 4.07. The van der Waals surface area contributed by atoms with Gasteiger partial charge in [-0.15, -0.1) is 0 Å². The highest BCUT2D eigenvalue weighted by Crippen LogP contribution is 2.69. The molecule has 0 saturated heterocycles. The predicted molar refractivity (Wildman–Crippen MR) is 58.3 cm³/mol. The van der Waals surface area contributed by atoms with Crippen molar-refractivity contribution in [2.75, 3.05) is 13.1 Å². The second kappa shape index (κ2) is 3.67. The zero-order valence-corrected chi connectivity index (χ0v) is 9.17. The van der Waals surface area contributed by atoms with E-state index in [0.29, 0.717) is 24.9 Å². The Morgan fingerprint density at radius 2 is 2.06 bits per heavy atom. The van der Waals surface area contributed by atoms with E-state index < -0.39 is 0 Å². The lowest BCUT2D eigenvalue weighted by molar-refractivity contribution is -0.123. The van der Waals surface area contributed by atoms with Gasteiger partial charge in [0.1, 0.15) is 0 Å². The van der Waals surface area contributed by atoms with Gasteiger partial charge in [-0.05, 0) is 48.5 Å². The third-order valence-corrected chi connectivity index (χ3v) is 4.61. The van der Waals surface area contributed by atoms with E-state index in [1.165, 1.54) is 19.3 Å². The molecule has 2 bridgehead atoms. The van der Waals surface area contributed by atoms with Crippen LogP contribution in [0.1, 0.15) is 19.3 Å². The van der Waals surface area contributed by atoms with E-state index in [1.807, 2.05) is 0 Å². The van der Waals surface area contributed by atoms with Gasteiger partial charge in [-0.1, -0.05) is 5.11 Å². The largest absolute Gasteiger partial charge is 0.356 e. The third kappa shape index (κ3) is 1.39. The molecule has 4 unspecified atom stereocenters. The molecule has 0 spiro atoms. The van der Waals surface area contributed by atoms with Gasteiger partial charge in [-0.3, -0.25) is 4.79 Å². The molecule has 0 heterocycles. The minimum atomic E-state index is 0.194. The molecule has 0 radical (unpaired) electrons. The molecule has 0 aromatic rings. The summed E-state index contributed by atoms with van der Waals surface area (Å²) in [5, 5.41) is 6.28. The summed E-state index contributed by atoms with van der Waals surface area (Å²) >= 11 is 0. The Balaban J connectivity index is 1.49. The van der Waals surface area contributed by atoms with Crippen molar-refractivity contribution in [3.63, 3.8) is 0 Å². The first-order valence-corrected chi connectivity index (χ1v) is 6.11. The second-order valence-corrected chi connectivity index (χ2v) is 5.26. The van der Waals surface area contributed by atoms with Crippen molar-refractivity contribution in [3.8, 4) is 0 Å². The summed E-state index contributed by atoms with van der Waals surface area (Å²) in [6.07, 6.45) is 4.06. The molecule has 3 fully saturated rings. The number of amides is 1. The fourth-order valence-corrected chi connectivity index (χ4v) is 4.07. The van der Waals surface area contributed by atoms with Crippen LogP contribution in [0.15, 0.2) is 5.11 Å². The molecule has 3 aliphatic carbocycles. The Bertz CT molecular complexity index is 347. The first-order valence-electron chi connectivity index (χ1n) is 6.11. The van der Waals surface area contributed by atoms with Crippen molar-refractivity contribution in [2.24, 2.45) is 34.7 Å². The van der Waals surface area contributed by atoms with Gasteiger partial charge in [0.15, 0.2) is 0 Å². The number of carbonyl (C=O) groups is 1. The molecule has 3 aliphatic rings. The number of nitrogens with one attached hydrogen (secondary N) is 1. The molecule has 16 heavy (non-hydrogen) atoms. The number of fused-ring (bicyclic) bond motifs is 5. The molecule has 1 N–H and O–H groups in total. The Morgan fingerprint density at radius 3 is 2.69 bits per heavy atom. The van der Waals surface area contributed by atoms with Gasteiger partial charge in [0, 0.05) is 23.9 Å². The maximum absolute atomic E-state index is 11.9. The van der Waals surface area contributed by atoms with Crippen LogP contribution in [0, 0.1) is 29.6 Å². The topological polar surface area (TPSA) is 77.9 Å². The molecule has 5 heteroatoms. The molecule has 5 nitrogen and oxygen atoms in total. The van der Waals surface area contributed by atoms with E-state index in [2.05, 4.69) is 15.3 Å². The minimum absolute atomic E-state index is 0.194. The summed E-state index contributed by atoms with van der Waals surface area (Å²) in [5.74, 6) is 3.54. The molecule has 3 saturated carbocycles. The van der Waals surface area contributed by atoms with Gasteiger partial charge < -0.3 is 5.32 Å². The summed E-state index contributed by atoms with van der Waals surface area (Å²) in [4.78, 5) is 14.5. The van der Waals surface area contributed by atoms with E-state index in [4.69, 9.17) is 5.53 Å². The van der Waals surface area contributed by atoms with Crippen LogP contribution in [0.25, 0.3) is 10.4 Å². The van der Waals surface area contributed by atoms with Gasteiger partial charge >= 0.3 is 0 Å². The number of azide groups is 1. The lowest BCUT2D eigenvalue weighted by Gasteiger charge is -2.08. The van der Waals surface area contributed by atoms with Gasteiger partial charge in [-0.2, -0.15) is 0 Å². The lowest BCUT2D eigenvalue weighted by Crippen LogP contribution is -2.29. The smallest absolute Gasteiger partial charge is 0.223 e. The number of hydrogen-bond donors (Lipinski definition) is 1. The molecule has 0 aliphatic heterocycles. The molecule has 3 rings (SSSR count). The van der Waals surface area contributed by atoms with Gasteiger partial charge in [0.2, 0.25) is 5.91 Å². The molecular weight excluding hydrogens is 204 g/mol. The van der Waals surface area contributed by atoms with Crippen molar-refractivity contribution in [2.45, 2.75) is 19.3 Å². The van der Waals surface area contributed by atoms with Crippen molar-refractivity contribution < 1.29 is 4.79 Å². The van der Waals surface area contributed by atoms with Gasteiger partial charge in [-0.25, -0.2) is 0 Å². The highest BCUT2D eigenvalue weighted by molar-refractivity contribution is 5.82. The third-order valence-electron chi connectivity index (χ3n) is 4.61. The van der Waals surface area contributed by atoms with Crippen LogP contribution in [0.4, 0.5) is 0 Å². The lowest BCUT2D eigenvalue weighted by atomic mass is 10.0. The first-order chi connectivity index (χ1) is 7.83. The van der Waals surface area contributed by atoms with E-state index in [1.54, 1.807) is 0 Å². The van der Waals surface area contributed by atoms with Crippen LogP contribution >= 0.6 is 0 Å².